The first kappa shape index (κ1) is 26.0. The molecule has 0 bridgehead atoms. The number of anilines is 3. The normalized spacial score (nSPS) is 13.6. The second-order valence-corrected chi connectivity index (χ2v) is 8.73. The number of pyridine rings is 1. The van der Waals surface area contributed by atoms with E-state index in [1.165, 1.54) is 55.7 Å². The Hall–Kier alpha value is -4.05. The third kappa shape index (κ3) is 8.25. The lowest BCUT2D eigenvalue weighted by atomic mass is 10.1. The van der Waals surface area contributed by atoms with Gasteiger partial charge in [0.1, 0.15) is 23.8 Å². The molecule has 0 spiro atoms. The number of benzene rings is 2. The van der Waals surface area contributed by atoms with Crippen LogP contribution in [0.4, 0.5) is 26.0 Å². The van der Waals surface area contributed by atoms with Crippen molar-refractivity contribution < 1.29 is 23.1 Å². The van der Waals surface area contributed by atoms with E-state index in [2.05, 4.69) is 25.8 Å². The summed E-state index contributed by atoms with van der Waals surface area (Å²) < 4.78 is 33.3. The molecule has 4 rings (SSSR count). The van der Waals surface area contributed by atoms with Crippen molar-refractivity contribution in [2.24, 2.45) is 0 Å². The largest absolute Gasteiger partial charge is 0.454 e. The van der Waals surface area contributed by atoms with Gasteiger partial charge in [0.05, 0.1) is 0 Å². The summed E-state index contributed by atoms with van der Waals surface area (Å²) in [6.45, 7) is 3.93. The van der Waals surface area contributed by atoms with E-state index in [0.717, 1.165) is 32.2 Å². The smallest absolute Gasteiger partial charge is 0.233 e. The molecule has 0 unspecified atom stereocenters. The molecule has 2 aromatic carbocycles. The number of carbonyl (C=O) groups excluding carboxylic acids is 2. The Bertz CT molecular complexity index is 1220. The van der Waals surface area contributed by atoms with Crippen LogP contribution in [0.15, 0.2) is 60.8 Å². The van der Waals surface area contributed by atoms with Gasteiger partial charge in [-0.2, -0.15) is 0 Å². The number of halogens is 2. The maximum atomic E-state index is 14.7. The molecule has 1 saturated heterocycles. The molecule has 1 aromatic heterocycles. The van der Waals surface area contributed by atoms with Gasteiger partial charge in [0.15, 0.2) is 11.6 Å². The highest BCUT2D eigenvalue weighted by molar-refractivity contribution is 6.08. The summed E-state index contributed by atoms with van der Waals surface area (Å²) in [6, 6.07) is 12.5. The van der Waals surface area contributed by atoms with Gasteiger partial charge in [-0.3, -0.25) is 9.59 Å². The van der Waals surface area contributed by atoms with Crippen molar-refractivity contribution in [3.05, 3.63) is 72.4 Å². The SMILES string of the molecule is O=C(CC(=O)Nc1ccc(Oc2ccnc(NCCN3CCCCC3)c2)c(F)c1)Nc1ccc(F)cc1. The van der Waals surface area contributed by atoms with Crippen LogP contribution in [0.3, 0.4) is 0 Å². The zero-order valence-corrected chi connectivity index (χ0v) is 20.3. The van der Waals surface area contributed by atoms with Crippen molar-refractivity contribution >= 4 is 29.0 Å². The van der Waals surface area contributed by atoms with Gasteiger partial charge in [-0.1, -0.05) is 6.42 Å². The number of piperidine rings is 1. The molecule has 3 N–H and O–H groups in total. The maximum Gasteiger partial charge on any atom is 0.233 e. The van der Waals surface area contributed by atoms with Gasteiger partial charge in [0, 0.05) is 42.8 Å². The first-order valence-electron chi connectivity index (χ1n) is 12.2. The van der Waals surface area contributed by atoms with E-state index >= 15 is 0 Å². The number of amides is 2. The van der Waals surface area contributed by atoms with Crippen LogP contribution >= 0.6 is 0 Å². The van der Waals surface area contributed by atoms with Gasteiger partial charge in [-0.05, 0) is 68.4 Å². The van der Waals surface area contributed by atoms with E-state index in [4.69, 9.17) is 4.74 Å². The molecule has 2 amide bonds. The molecular weight excluding hydrogens is 480 g/mol. The van der Waals surface area contributed by atoms with Gasteiger partial charge in [0.25, 0.3) is 0 Å². The topological polar surface area (TPSA) is 95.6 Å². The van der Waals surface area contributed by atoms with E-state index in [1.807, 2.05) is 0 Å². The molecule has 3 aromatic rings. The molecule has 0 radical (unpaired) electrons. The van der Waals surface area contributed by atoms with Gasteiger partial charge in [-0.25, -0.2) is 13.8 Å². The first-order chi connectivity index (χ1) is 17.9. The van der Waals surface area contributed by atoms with E-state index in [0.29, 0.717) is 17.3 Å². The fraction of sp³-hybridized carbons (Fsp3) is 0.296. The summed E-state index contributed by atoms with van der Waals surface area (Å²) in [7, 11) is 0. The molecule has 0 aliphatic carbocycles. The molecule has 10 heteroatoms. The quantitative estimate of drug-likeness (QED) is 0.332. The summed E-state index contributed by atoms with van der Waals surface area (Å²) in [5, 5.41) is 8.25. The Morgan fingerprint density at radius 1 is 0.892 bits per heavy atom. The molecule has 1 aliphatic heterocycles. The number of rotatable bonds is 10. The first-order valence-corrected chi connectivity index (χ1v) is 12.2. The number of nitrogens with one attached hydrogen (secondary N) is 3. The lowest BCUT2D eigenvalue weighted by molar-refractivity contribution is -0.123. The zero-order valence-electron chi connectivity index (χ0n) is 20.3. The summed E-state index contributed by atoms with van der Waals surface area (Å²) in [5.41, 5.74) is 0.544. The Morgan fingerprint density at radius 3 is 2.32 bits per heavy atom. The van der Waals surface area contributed by atoms with E-state index < -0.39 is 29.9 Å². The van der Waals surface area contributed by atoms with Crippen molar-refractivity contribution in [3.63, 3.8) is 0 Å². The maximum absolute atomic E-state index is 14.7. The van der Waals surface area contributed by atoms with Gasteiger partial charge < -0.3 is 25.6 Å². The van der Waals surface area contributed by atoms with Crippen molar-refractivity contribution in [2.75, 3.05) is 42.1 Å². The Morgan fingerprint density at radius 2 is 1.59 bits per heavy atom. The fourth-order valence-corrected chi connectivity index (χ4v) is 3.97. The number of hydrogen-bond donors (Lipinski definition) is 3. The fourth-order valence-electron chi connectivity index (χ4n) is 3.97. The molecular formula is C27H29F2N5O3. The van der Waals surface area contributed by atoms with Crippen LogP contribution in [-0.2, 0) is 9.59 Å². The van der Waals surface area contributed by atoms with Crippen molar-refractivity contribution in [2.45, 2.75) is 25.7 Å². The van der Waals surface area contributed by atoms with Crippen LogP contribution in [0, 0.1) is 11.6 Å². The van der Waals surface area contributed by atoms with Gasteiger partial charge in [0.2, 0.25) is 11.8 Å². The molecule has 8 nitrogen and oxygen atoms in total. The standard InChI is InChI=1S/C27H29F2N5O3/c28-19-4-6-20(7-5-19)32-26(35)18-27(36)33-21-8-9-24(23(29)16-21)37-22-10-11-30-25(17-22)31-12-15-34-13-2-1-3-14-34/h4-11,16-17H,1-3,12-15,18H2,(H,30,31)(H,32,35)(H,33,36). The second kappa shape index (κ2) is 12.8. The monoisotopic (exact) mass is 509 g/mol. The summed E-state index contributed by atoms with van der Waals surface area (Å²) in [4.78, 5) is 30.9. The molecule has 194 valence electrons. The molecule has 2 heterocycles. The Labute approximate surface area is 214 Å². The highest BCUT2D eigenvalue weighted by atomic mass is 19.1. The van der Waals surface area contributed by atoms with Crippen LogP contribution in [0.2, 0.25) is 0 Å². The minimum Gasteiger partial charge on any atom is -0.454 e. The van der Waals surface area contributed by atoms with Crippen molar-refractivity contribution in [3.8, 4) is 11.5 Å². The van der Waals surface area contributed by atoms with E-state index in [9.17, 15) is 18.4 Å². The molecule has 1 aliphatic rings. The number of nitrogens with zero attached hydrogens (tertiary/aromatic N) is 2. The van der Waals surface area contributed by atoms with Crippen LogP contribution in [-0.4, -0.2) is 47.9 Å². The summed E-state index contributed by atoms with van der Waals surface area (Å²) in [5.74, 6) is -1.28. The minimum absolute atomic E-state index is 0.0162. The highest BCUT2D eigenvalue weighted by Gasteiger charge is 2.13. The minimum atomic E-state index is -0.676. The number of hydrogen-bond acceptors (Lipinski definition) is 6. The van der Waals surface area contributed by atoms with E-state index in [-0.39, 0.29) is 11.4 Å². The van der Waals surface area contributed by atoms with E-state index in [1.54, 1.807) is 18.3 Å². The molecule has 37 heavy (non-hydrogen) atoms. The third-order valence-electron chi connectivity index (χ3n) is 5.81. The van der Waals surface area contributed by atoms with Crippen molar-refractivity contribution in [1.29, 1.82) is 0 Å². The number of likely N-dealkylation sites (tertiary alicyclic amines) is 1. The Kier molecular flexibility index (Phi) is 8.98. The summed E-state index contributed by atoms with van der Waals surface area (Å²) >= 11 is 0. The molecule has 1 fully saturated rings. The number of aromatic nitrogens is 1. The predicted molar refractivity (Wildman–Crippen MR) is 138 cm³/mol. The average Bonchev–Trinajstić information content (AvgIpc) is 2.88. The van der Waals surface area contributed by atoms with Crippen LogP contribution in [0.5, 0.6) is 11.5 Å². The number of carbonyl (C=O) groups is 2. The number of ether oxygens (including phenoxy) is 1. The van der Waals surface area contributed by atoms with Crippen molar-refractivity contribution in [1.82, 2.24) is 9.88 Å². The highest BCUT2D eigenvalue weighted by Crippen LogP contribution is 2.27. The Balaban J connectivity index is 1.26. The van der Waals surface area contributed by atoms with Crippen LogP contribution < -0.4 is 20.7 Å². The third-order valence-corrected chi connectivity index (χ3v) is 5.81. The van der Waals surface area contributed by atoms with Gasteiger partial charge >= 0.3 is 0 Å². The molecule has 0 saturated carbocycles. The van der Waals surface area contributed by atoms with Crippen LogP contribution in [0.1, 0.15) is 25.7 Å². The molecule has 0 atom stereocenters. The lowest BCUT2D eigenvalue weighted by Gasteiger charge is -2.26. The average molecular weight is 510 g/mol. The summed E-state index contributed by atoms with van der Waals surface area (Å²) in [6.07, 6.45) is 4.87. The van der Waals surface area contributed by atoms with Crippen LogP contribution in [0.25, 0.3) is 0 Å². The zero-order chi connectivity index (χ0) is 26.0. The second-order valence-electron chi connectivity index (χ2n) is 8.73. The predicted octanol–water partition coefficient (Wildman–Crippen LogP) is 5.02. The van der Waals surface area contributed by atoms with Gasteiger partial charge in [-0.15, -0.1) is 0 Å². The lowest BCUT2D eigenvalue weighted by Crippen LogP contribution is -2.33.